The summed E-state index contributed by atoms with van der Waals surface area (Å²) in [5.41, 5.74) is 0. The molecule has 0 aromatic heterocycles. The first-order chi connectivity index (χ1) is 3.39. The minimum atomic E-state index is -1.83. The van der Waals surface area contributed by atoms with E-state index in [0.29, 0.717) is 6.61 Å². The van der Waals surface area contributed by atoms with Crippen LogP contribution in [0, 0.1) is 0 Å². The molecule has 1 unspecified atom stereocenters. The summed E-state index contributed by atoms with van der Waals surface area (Å²) in [6.07, 6.45) is 3.03. The lowest BCUT2D eigenvalue weighted by Crippen LogP contribution is -1.86. The lowest BCUT2D eigenvalue weighted by atomic mass is 10.7. The molecule has 0 aromatic rings. The summed E-state index contributed by atoms with van der Waals surface area (Å²) in [7, 11) is -1.83. The van der Waals surface area contributed by atoms with Gasteiger partial charge in [-0.1, -0.05) is 0 Å². The molecule has 0 N–H and O–H groups in total. The normalized spacial score (nSPS) is 24.3. The van der Waals surface area contributed by atoms with E-state index in [0.717, 1.165) is 0 Å². The molecule has 0 saturated carbocycles. The van der Waals surface area contributed by atoms with Gasteiger partial charge in [-0.05, 0) is 6.08 Å². The molecular weight excluding hydrogens is 115 g/mol. The van der Waals surface area contributed by atoms with Gasteiger partial charge in [0.05, 0.1) is 12.9 Å². The van der Waals surface area contributed by atoms with Gasteiger partial charge in [0.25, 0.3) is 0 Å². The van der Waals surface area contributed by atoms with Gasteiger partial charge in [0, 0.05) is 0 Å². The predicted octanol–water partition coefficient (Wildman–Crippen LogP) is 1.20. The third-order valence-corrected chi connectivity index (χ3v) is 1.17. The van der Waals surface area contributed by atoms with Crippen LogP contribution >= 0.6 is 8.25 Å². The maximum Gasteiger partial charge on any atom is 0.428 e. The minimum absolute atomic E-state index is 0.398. The standard InChI is InChI=1S/C3H4O3P/c4-7-5-2-1-3-6-7/h1-2H,3H2. The molecule has 0 spiro atoms. The average molecular weight is 119 g/mol. The summed E-state index contributed by atoms with van der Waals surface area (Å²) in [4.78, 5) is 0. The lowest BCUT2D eigenvalue weighted by Gasteiger charge is -2.00. The number of hydrogen-bond acceptors (Lipinski definition) is 3. The van der Waals surface area contributed by atoms with E-state index in [4.69, 9.17) is 0 Å². The van der Waals surface area contributed by atoms with Crippen LogP contribution in [0.4, 0.5) is 0 Å². The number of rotatable bonds is 0. The molecule has 1 rings (SSSR count). The zero-order valence-electron chi connectivity index (χ0n) is 3.53. The zero-order chi connectivity index (χ0) is 5.11. The van der Waals surface area contributed by atoms with Crippen molar-refractivity contribution in [3.63, 3.8) is 0 Å². The van der Waals surface area contributed by atoms with E-state index >= 15 is 0 Å². The molecule has 0 aromatic carbocycles. The van der Waals surface area contributed by atoms with Crippen LogP contribution in [0.5, 0.6) is 0 Å². The van der Waals surface area contributed by atoms with Crippen LogP contribution in [0.3, 0.4) is 0 Å². The maximum absolute atomic E-state index is 10.1. The first-order valence-electron chi connectivity index (χ1n) is 1.81. The molecule has 3 nitrogen and oxygen atoms in total. The van der Waals surface area contributed by atoms with Crippen molar-refractivity contribution in [1.82, 2.24) is 0 Å². The van der Waals surface area contributed by atoms with Crippen LogP contribution in [0.15, 0.2) is 12.3 Å². The maximum atomic E-state index is 10.1. The van der Waals surface area contributed by atoms with E-state index in [9.17, 15) is 4.57 Å². The third kappa shape index (κ3) is 1.26. The summed E-state index contributed by atoms with van der Waals surface area (Å²) in [6.45, 7) is 0.398. The van der Waals surface area contributed by atoms with Crippen molar-refractivity contribution >= 4 is 8.25 Å². The van der Waals surface area contributed by atoms with Crippen LogP contribution in [-0.2, 0) is 13.6 Å². The summed E-state index contributed by atoms with van der Waals surface area (Å²) in [5, 5.41) is 0. The fourth-order valence-corrected chi connectivity index (χ4v) is 0.720. The van der Waals surface area contributed by atoms with E-state index in [1.165, 1.54) is 6.26 Å². The summed E-state index contributed by atoms with van der Waals surface area (Å²) in [5.74, 6) is 0. The fraction of sp³-hybridized carbons (Fsp3) is 0.333. The van der Waals surface area contributed by atoms with Gasteiger partial charge in [-0.3, -0.25) is 4.52 Å². The molecule has 0 saturated heterocycles. The number of hydrogen-bond donors (Lipinski definition) is 0. The van der Waals surface area contributed by atoms with Crippen LogP contribution < -0.4 is 0 Å². The van der Waals surface area contributed by atoms with E-state index in [1.54, 1.807) is 6.08 Å². The molecule has 1 radical (unpaired) electrons. The molecule has 4 heteroatoms. The Morgan fingerprint density at radius 1 is 1.71 bits per heavy atom. The van der Waals surface area contributed by atoms with Crippen molar-refractivity contribution in [2.24, 2.45) is 0 Å². The van der Waals surface area contributed by atoms with Gasteiger partial charge in [-0.25, -0.2) is 4.57 Å². The zero-order valence-corrected chi connectivity index (χ0v) is 4.43. The van der Waals surface area contributed by atoms with E-state index in [1.807, 2.05) is 0 Å². The monoisotopic (exact) mass is 119 g/mol. The highest BCUT2D eigenvalue weighted by Crippen LogP contribution is 2.26. The molecule has 7 heavy (non-hydrogen) atoms. The van der Waals surface area contributed by atoms with Gasteiger partial charge < -0.3 is 4.52 Å². The fourth-order valence-electron chi connectivity index (χ4n) is 0.266. The van der Waals surface area contributed by atoms with Crippen LogP contribution in [0.1, 0.15) is 0 Å². The summed E-state index contributed by atoms with van der Waals surface area (Å²) >= 11 is 0. The average Bonchev–Trinajstić information content (AvgIpc) is 1.69. The smallest absolute Gasteiger partial charge is 0.406 e. The highest BCUT2D eigenvalue weighted by atomic mass is 31.1. The van der Waals surface area contributed by atoms with Crippen molar-refractivity contribution in [3.8, 4) is 0 Å². The second-order valence-corrected chi connectivity index (χ2v) is 1.91. The van der Waals surface area contributed by atoms with E-state index in [2.05, 4.69) is 9.05 Å². The molecule has 1 heterocycles. The van der Waals surface area contributed by atoms with Gasteiger partial charge in [0.15, 0.2) is 0 Å². The van der Waals surface area contributed by atoms with Gasteiger partial charge in [0.2, 0.25) is 0 Å². The van der Waals surface area contributed by atoms with Crippen molar-refractivity contribution < 1.29 is 13.6 Å². The Kier molecular flexibility index (Phi) is 1.39. The quantitative estimate of drug-likeness (QED) is 0.449. The van der Waals surface area contributed by atoms with Crippen LogP contribution in [-0.4, -0.2) is 6.61 Å². The predicted molar refractivity (Wildman–Crippen MR) is 23.8 cm³/mol. The molecule has 0 bridgehead atoms. The highest BCUT2D eigenvalue weighted by Gasteiger charge is 2.00. The molecular formula is C3H4O3P. The molecule has 0 amide bonds. The van der Waals surface area contributed by atoms with Crippen molar-refractivity contribution in [3.05, 3.63) is 12.3 Å². The Hall–Kier alpha value is -0.400. The molecule has 0 fully saturated rings. The van der Waals surface area contributed by atoms with E-state index in [-0.39, 0.29) is 0 Å². The van der Waals surface area contributed by atoms with Crippen molar-refractivity contribution in [2.45, 2.75) is 0 Å². The SMILES string of the molecule is O=[P]1OC=CCO1. The second kappa shape index (κ2) is 2.05. The summed E-state index contributed by atoms with van der Waals surface area (Å²) < 4.78 is 19.0. The molecule has 1 aliphatic rings. The highest BCUT2D eigenvalue weighted by molar-refractivity contribution is 7.33. The Labute approximate surface area is 41.9 Å². The topological polar surface area (TPSA) is 35.5 Å². The van der Waals surface area contributed by atoms with E-state index < -0.39 is 8.25 Å². The third-order valence-electron chi connectivity index (χ3n) is 0.519. The van der Waals surface area contributed by atoms with Gasteiger partial charge >= 0.3 is 8.25 Å². The molecule has 1 aliphatic heterocycles. The van der Waals surface area contributed by atoms with Gasteiger partial charge in [0.1, 0.15) is 0 Å². The van der Waals surface area contributed by atoms with Crippen LogP contribution in [0.25, 0.3) is 0 Å². The Bertz CT molecular complexity index is 109. The Morgan fingerprint density at radius 2 is 2.57 bits per heavy atom. The van der Waals surface area contributed by atoms with Gasteiger partial charge in [-0.15, -0.1) is 0 Å². The van der Waals surface area contributed by atoms with Crippen molar-refractivity contribution in [1.29, 1.82) is 0 Å². The lowest BCUT2D eigenvalue weighted by molar-refractivity contribution is 0.278. The van der Waals surface area contributed by atoms with Gasteiger partial charge in [-0.2, -0.15) is 0 Å². The molecule has 1 atom stereocenters. The van der Waals surface area contributed by atoms with Crippen molar-refractivity contribution in [2.75, 3.05) is 6.61 Å². The first kappa shape index (κ1) is 4.75. The Balaban J connectivity index is 2.47. The first-order valence-corrected chi connectivity index (χ1v) is 2.91. The molecule has 39 valence electrons. The largest absolute Gasteiger partial charge is 0.428 e. The molecule has 0 aliphatic carbocycles. The second-order valence-electron chi connectivity index (χ2n) is 0.997. The minimum Gasteiger partial charge on any atom is -0.406 e. The Morgan fingerprint density at radius 3 is 2.86 bits per heavy atom. The van der Waals surface area contributed by atoms with Crippen LogP contribution in [0.2, 0.25) is 0 Å². The summed E-state index contributed by atoms with van der Waals surface area (Å²) in [6, 6.07) is 0.